The Morgan fingerprint density at radius 1 is 0.950 bits per heavy atom. The third-order valence-corrected chi connectivity index (χ3v) is 6.91. The van der Waals surface area contributed by atoms with Gasteiger partial charge in [0.15, 0.2) is 5.82 Å². The van der Waals surface area contributed by atoms with E-state index >= 15 is 0 Å². The molecule has 3 aromatic carbocycles. The molecule has 0 aliphatic heterocycles. The van der Waals surface area contributed by atoms with E-state index in [1.165, 1.54) is 12.1 Å². The topological polar surface area (TPSA) is 92.8 Å². The molecule has 9 heteroatoms. The number of aromatic amines is 1. The maximum Gasteiger partial charge on any atom is 0.253 e. The van der Waals surface area contributed by atoms with Crippen LogP contribution in [0.15, 0.2) is 106 Å². The van der Waals surface area contributed by atoms with Crippen LogP contribution < -0.4 is 5.56 Å². The van der Waals surface area contributed by atoms with Gasteiger partial charge in [-0.1, -0.05) is 54.1 Å². The van der Waals surface area contributed by atoms with E-state index in [2.05, 4.69) is 25.4 Å². The summed E-state index contributed by atoms with van der Waals surface area (Å²) in [5.74, 6) is 0.906. The van der Waals surface area contributed by atoms with E-state index in [4.69, 9.17) is 4.42 Å². The average Bonchev–Trinajstić information content (AvgIpc) is 3.64. The predicted molar refractivity (Wildman–Crippen MR) is 149 cm³/mol. The number of nitrogens with zero attached hydrogens (tertiary/aromatic N) is 5. The zero-order chi connectivity index (χ0) is 27.5. The summed E-state index contributed by atoms with van der Waals surface area (Å²) < 4.78 is 21.2. The van der Waals surface area contributed by atoms with Crippen molar-refractivity contribution in [1.29, 1.82) is 0 Å². The molecule has 40 heavy (non-hydrogen) atoms. The Hall–Kier alpha value is -4.89. The minimum Gasteiger partial charge on any atom is -0.468 e. The van der Waals surface area contributed by atoms with E-state index in [1.54, 1.807) is 23.1 Å². The van der Waals surface area contributed by atoms with Crippen LogP contribution >= 0.6 is 0 Å². The number of fused-ring (bicyclic) bond motifs is 1. The molecule has 0 amide bonds. The van der Waals surface area contributed by atoms with Gasteiger partial charge in [-0.3, -0.25) is 9.69 Å². The van der Waals surface area contributed by atoms with Crippen molar-refractivity contribution in [2.75, 3.05) is 0 Å². The second kappa shape index (κ2) is 11.1. The van der Waals surface area contributed by atoms with E-state index in [9.17, 15) is 9.18 Å². The standard InChI is InChI=1S/C31H27FN6O2/c1-21-9-14-28-24(16-21)17-27(31(39)33-28)29(30-34-35-36-38(30)19-22-6-3-2-4-7-22)37(20-26-8-5-15-40-26)18-23-10-12-25(32)13-11-23/h2-17,29H,18-20H2,1H3,(H,33,39). The fraction of sp³-hybridized carbons (Fsp3) is 0.161. The lowest BCUT2D eigenvalue weighted by atomic mass is 10.0. The van der Waals surface area contributed by atoms with Gasteiger partial charge in [0.25, 0.3) is 5.56 Å². The molecule has 0 radical (unpaired) electrons. The monoisotopic (exact) mass is 534 g/mol. The zero-order valence-electron chi connectivity index (χ0n) is 21.9. The summed E-state index contributed by atoms with van der Waals surface area (Å²) in [6.45, 7) is 3.18. The van der Waals surface area contributed by atoms with Crippen LogP contribution in [0.2, 0.25) is 0 Å². The highest BCUT2D eigenvalue weighted by molar-refractivity contribution is 5.79. The van der Waals surface area contributed by atoms with Gasteiger partial charge in [-0.15, -0.1) is 5.10 Å². The quantitative estimate of drug-likeness (QED) is 0.267. The van der Waals surface area contributed by atoms with Crippen LogP contribution in [-0.2, 0) is 19.6 Å². The predicted octanol–water partition coefficient (Wildman–Crippen LogP) is 5.40. The van der Waals surface area contributed by atoms with E-state index in [0.29, 0.717) is 36.8 Å². The molecule has 3 heterocycles. The largest absolute Gasteiger partial charge is 0.468 e. The first-order valence-electron chi connectivity index (χ1n) is 13.0. The number of nitrogens with one attached hydrogen (secondary N) is 1. The molecule has 200 valence electrons. The lowest BCUT2D eigenvalue weighted by Gasteiger charge is -2.30. The molecule has 0 bridgehead atoms. The highest BCUT2D eigenvalue weighted by atomic mass is 19.1. The summed E-state index contributed by atoms with van der Waals surface area (Å²) in [6.07, 6.45) is 1.62. The smallest absolute Gasteiger partial charge is 0.253 e. The van der Waals surface area contributed by atoms with Crippen LogP contribution in [0.3, 0.4) is 0 Å². The molecule has 1 N–H and O–H groups in total. The van der Waals surface area contributed by atoms with Crippen molar-refractivity contribution in [1.82, 2.24) is 30.1 Å². The number of tetrazole rings is 1. The fourth-order valence-electron chi connectivity index (χ4n) is 4.99. The maximum absolute atomic E-state index is 13.8. The number of H-pyrrole nitrogens is 1. The molecule has 0 saturated carbocycles. The van der Waals surface area contributed by atoms with Crippen LogP contribution in [0.5, 0.6) is 0 Å². The Bertz CT molecular complexity index is 1780. The Morgan fingerprint density at radius 2 is 1.77 bits per heavy atom. The van der Waals surface area contributed by atoms with E-state index in [0.717, 1.165) is 27.6 Å². The molecule has 0 saturated heterocycles. The second-order valence-electron chi connectivity index (χ2n) is 9.84. The van der Waals surface area contributed by atoms with Gasteiger partial charge >= 0.3 is 0 Å². The molecule has 1 unspecified atom stereocenters. The number of aromatic nitrogens is 5. The Morgan fingerprint density at radius 3 is 2.55 bits per heavy atom. The molecule has 0 fully saturated rings. The minimum atomic E-state index is -0.650. The number of pyridine rings is 1. The Kier molecular flexibility index (Phi) is 7.03. The molecular weight excluding hydrogens is 507 g/mol. The van der Waals surface area contributed by atoms with Gasteiger partial charge in [0.05, 0.1) is 19.4 Å². The third-order valence-electron chi connectivity index (χ3n) is 6.91. The highest BCUT2D eigenvalue weighted by Crippen LogP contribution is 2.30. The molecule has 0 spiro atoms. The molecule has 3 aromatic heterocycles. The number of hydrogen-bond acceptors (Lipinski definition) is 6. The molecule has 8 nitrogen and oxygen atoms in total. The number of halogens is 1. The maximum atomic E-state index is 13.8. The summed E-state index contributed by atoms with van der Waals surface area (Å²) in [4.78, 5) is 18.8. The van der Waals surface area contributed by atoms with Crippen molar-refractivity contribution in [3.63, 3.8) is 0 Å². The molecule has 6 rings (SSSR count). The van der Waals surface area contributed by atoms with Gasteiger partial charge in [-0.25, -0.2) is 9.07 Å². The molecule has 1 atom stereocenters. The van der Waals surface area contributed by atoms with Crippen LogP contribution in [0.25, 0.3) is 10.9 Å². The number of hydrogen-bond donors (Lipinski definition) is 1. The van der Waals surface area contributed by atoms with E-state index in [1.807, 2.05) is 73.7 Å². The third kappa shape index (κ3) is 5.45. The first-order chi connectivity index (χ1) is 19.5. The van der Waals surface area contributed by atoms with Crippen molar-refractivity contribution in [3.8, 4) is 0 Å². The number of furan rings is 1. The molecule has 0 aliphatic rings. The summed E-state index contributed by atoms with van der Waals surface area (Å²) in [7, 11) is 0. The lowest BCUT2D eigenvalue weighted by molar-refractivity contribution is 0.179. The van der Waals surface area contributed by atoms with Gasteiger partial charge < -0.3 is 9.40 Å². The first kappa shape index (κ1) is 25.4. The van der Waals surface area contributed by atoms with Gasteiger partial charge in [0.2, 0.25) is 0 Å². The van der Waals surface area contributed by atoms with Gasteiger partial charge in [-0.05, 0) is 76.3 Å². The Balaban J connectivity index is 1.52. The molecule has 6 aromatic rings. The first-order valence-corrected chi connectivity index (χ1v) is 13.0. The van der Waals surface area contributed by atoms with Crippen molar-refractivity contribution >= 4 is 10.9 Å². The van der Waals surface area contributed by atoms with E-state index in [-0.39, 0.29) is 11.4 Å². The zero-order valence-corrected chi connectivity index (χ0v) is 21.9. The summed E-state index contributed by atoms with van der Waals surface area (Å²) in [5, 5.41) is 13.7. The molecular formula is C31H27FN6O2. The number of rotatable bonds is 9. The average molecular weight is 535 g/mol. The van der Waals surface area contributed by atoms with Crippen molar-refractivity contribution in [2.24, 2.45) is 0 Å². The van der Waals surface area contributed by atoms with Crippen LogP contribution in [0.4, 0.5) is 4.39 Å². The van der Waals surface area contributed by atoms with Crippen molar-refractivity contribution in [3.05, 3.63) is 147 Å². The number of aryl methyl sites for hydroxylation is 1. The van der Waals surface area contributed by atoms with Gasteiger partial charge in [-0.2, -0.15) is 0 Å². The van der Waals surface area contributed by atoms with Crippen molar-refractivity contribution < 1.29 is 8.81 Å². The number of benzene rings is 3. The minimum absolute atomic E-state index is 0.237. The second-order valence-corrected chi connectivity index (χ2v) is 9.84. The molecule has 0 aliphatic carbocycles. The van der Waals surface area contributed by atoms with Crippen LogP contribution in [0, 0.1) is 12.7 Å². The normalized spacial score (nSPS) is 12.3. The lowest BCUT2D eigenvalue weighted by Crippen LogP contribution is -2.34. The van der Waals surface area contributed by atoms with Gasteiger partial charge in [0, 0.05) is 17.6 Å². The van der Waals surface area contributed by atoms with Crippen LogP contribution in [0.1, 0.15) is 39.9 Å². The summed E-state index contributed by atoms with van der Waals surface area (Å²) in [6, 6.07) is 27.1. The SMILES string of the molecule is Cc1ccc2[nH]c(=O)c(C(c3nnnn3Cc3ccccc3)N(Cc3ccc(F)cc3)Cc3ccco3)cc2c1. The highest BCUT2D eigenvalue weighted by Gasteiger charge is 2.31. The fourth-order valence-corrected chi connectivity index (χ4v) is 4.99. The van der Waals surface area contributed by atoms with Crippen LogP contribution in [-0.4, -0.2) is 30.1 Å². The van der Waals surface area contributed by atoms with Gasteiger partial charge in [0.1, 0.15) is 17.6 Å². The Labute approximate surface area is 229 Å². The van der Waals surface area contributed by atoms with Crippen molar-refractivity contribution in [2.45, 2.75) is 32.6 Å². The summed E-state index contributed by atoms with van der Waals surface area (Å²) in [5.41, 5.74) is 3.98. The summed E-state index contributed by atoms with van der Waals surface area (Å²) >= 11 is 0. The van der Waals surface area contributed by atoms with E-state index < -0.39 is 6.04 Å².